The van der Waals surface area contributed by atoms with Crippen molar-refractivity contribution in [1.82, 2.24) is 0 Å². The summed E-state index contributed by atoms with van der Waals surface area (Å²) < 4.78 is 4.64. The fraction of sp³-hybridized carbons (Fsp3) is 0.250. The Balaban J connectivity index is 1.69. The normalized spacial score (nSPS) is 16.3. The van der Waals surface area contributed by atoms with E-state index in [0.717, 1.165) is 11.3 Å². The minimum atomic E-state index is -0.462. The van der Waals surface area contributed by atoms with E-state index < -0.39 is 11.9 Å². The molecule has 2 aromatic rings. The largest absolute Gasteiger partial charge is 0.465 e. The molecule has 1 fully saturated rings. The third-order valence-corrected chi connectivity index (χ3v) is 4.77. The number of ether oxygens (including phenoxy) is 1. The first-order chi connectivity index (χ1) is 12.9. The standard InChI is InChI=1S/C20H19ClN2O4/c1-12-3-6-15(21)10-17(12)23-11-14(9-18(23)24)19(25)22-16-7-4-13(5-8-16)20(26)27-2/h3-8,10,14H,9,11H2,1-2H3,(H,22,25). The first-order valence-corrected chi connectivity index (χ1v) is 8.82. The number of carbonyl (C=O) groups excluding carboxylic acids is 3. The first-order valence-electron chi connectivity index (χ1n) is 8.45. The van der Waals surface area contributed by atoms with Crippen molar-refractivity contribution in [2.24, 2.45) is 5.92 Å². The lowest BCUT2D eigenvalue weighted by Gasteiger charge is -2.19. The third kappa shape index (κ3) is 4.11. The number of esters is 1. The maximum absolute atomic E-state index is 12.6. The molecule has 1 atom stereocenters. The zero-order valence-electron chi connectivity index (χ0n) is 15.0. The van der Waals surface area contributed by atoms with Crippen LogP contribution in [0, 0.1) is 12.8 Å². The number of rotatable bonds is 4. The van der Waals surface area contributed by atoms with Gasteiger partial charge in [0.15, 0.2) is 0 Å². The molecule has 2 aromatic carbocycles. The summed E-state index contributed by atoms with van der Waals surface area (Å²) in [5, 5.41) is 3.33. The predicted octanol–water partition coefficient (Wildman–Crippen LogP) is 3.43. The van der Waals surface area contributed by atoms with E-state index in [1.165, 1.54) is 7.11 Å². The minimum Gasteiger partial charge on any atom is -0.465 e. The molecule has 0 bridgehead atoms. The Labute approximate surface area is 162 Å². The summed E-state index contributed by atoms with van der Waals surface area (Å²) in [4.78, 5) is 38.0. The van der Waals surface area contributed by atoms with Gasteiger partial charge in [-0.3, -0.25) is 9.59 Å². The molecular weight excluding hydrogens is 368 g/mol. The van der Waals surface area contributed by atoms with E-state index in [4.69, 9.17) is 11.6 Å². The zero-order chi connectivity index (χ0) is 19.6. The molecule has 0 radical (unpaired) electrons. The Bertz CT molecular complexity index is 895. The number of anilines is 2. The molecule has 27 heavy (non-hydrogen) atoms. The average Bonchev–Trinajstić information content (AvgIpc) is 3.05. The SMILES string of the molecule is COC(=O)c1ccc(NC(=O)C2CC(=O)N(c3cc(Cl)ccc3C)C2)cc1. The molecule has 2 amide bonds. The van der Waals surface area contributed by atoms with Gasteiger partial charge in [-0.2, -0.15) is 0 Å². The molecule has 6 nitrogen and oxygen atoms in total. The molecule has 1 unspecified atom stereocenters. The van der Waals surface area contributed by atoms with Crippen LogP contribution in [0.2, 0.25) is 5.02 Å². The summed E-state index contributed by atoms with van der Waals surface area (Å²) in [6.07, 6.45) is 0.137. The number of methoxy groups -OCH3 is 1. The second-order valence-electron chi connectivity index (χ2n) is 6.39. The Morgan fingerprint density at radius 2 is 1.89 bits per heavy atom. The number of nitrogens with zero attached hydrogens (tertiary/aromatic N) is 1. The van der Waals surface area contributed by atoms with Gasteiger partial charge in [0.2, 0.25) is 11.8 Å². The second-order valence-corrected chi connectivity index (χ2v) is 6.83. The fourth-order valence-electron chi connectivity index (χ4n) is 3.04. The highest BCUT2D eigenvalue weighted by atomic mass is 35.5. The van der Waals surface area contributed by atoms with E-state index >= 15 is 0 Å². The van der Waals surface area contributed by atoms with Crippen molar-refractivity contribution in [2.45, 2.75) is 13.3 Å². The lowest BCUT2D eigenvalue weighted by atomic mass is 10.1. The smallest absolute Gasteiger partial charge is 0.337 e. The van der Waals surface area contributed by atoms with Crippen molar-refractivity contribution in [2.75, 3.05) is 23.9 Å². The van der Waals surface area contributed by atoms with Gasteiger partial charge in [0, 0.05) is 29.4 Å². The molecular formula is C20H19ClN2O4. The van der Waals surface area contributed by atoms with Crippen LogP contribution in [0.15, 0.2) is 42.5 Å². The number of hydrogen-bond donors (Lipinski definition) is 1. The van der Waals surface area contributed by atoms with Gasteiger partial charge in [-0.05, 0) is 48.9 Å². The highest BCUT2D eigenvalue weighted by Gasteiger charge is 2.35. The molecule has 1 heterocycles. The summed E-state index contributed by atoms with van der Waals surface area (Å²) in [6, 6.07) is 11.7. The molecule has 1 saturated heterocycles. The topological polar surface area (TPSA) is 75.7 Å². The van der Waals surface area contributed by atoms with Crippen LogP contribution in [0.5, 0.6) is 0 Å². The minimum absolute atomic E-state index is 0.110. The van der Waals surface area contributed by atoms with E-state index in [0.29, 0.717) is 22.8 Å². The Kier molecular flexibility index (Phi) is 5.46. The molecule has 1 aliphatic heterocycles. The van der Waals surface area contributed by atoms with Crippen molar-refractivity contribution in [3.8, 4) is 0 Å². The fourth-order valence-corrected chi connectivity index (χ4v) is 3.21. The highest BCUT2D eigenvalue weighted by Crippen LogP contribution is 2.30. The summed E-state index contributed by atoms with van der Waals surface area (Å²) >= 11 is 6.04. The molecule has 1 N–H and O–H groups in total. The summed E-state index contributed by atoms with van der Waals surface area (Å²) in [5.41, 5.74) is 2.60. The van der Waals surface area contributed by atoms with Crippen LogP contribution in [0.1, 0.15) is 22.3 Å². The van der Waals surface area contributed by atoms with E-state index in [-0.39, 0.29) is 18.2 Å². The van der Waals surface area contributed by atoms with Crippen molar-refractivity contribution < 1.29 is 19.1 Å². The summed E-state index contributed by atoms with van der Waals surface area (Å²) in [7, 11) is 1.31. The van der Waals surface area contributed by atoms with Crippen molar-refractivity contribution in [3.05, 3.63) is 58.6 Å². The maximum atomic E-state index is 12.6. The highest BCUT2D eigenvalue weighted by molar-refractivity contribution is 6.31. The van der Waals surface area contributed by atoms with Gasteiger partial charge >= 0.3 is 5.97 Å². The van der Waals surface area contributed by atoms with E-state index in [2.05, 4.69) is 10.1 Å². The molecule has 7 heteroatoms. The third-order valence-electron chi connectivity index (χ3n) is 4.53. The van der Waals surface area contributed by atoms with E-state index in [1.54, 1.807) is 41.3 Å². The first kappa shape index (κ1) is 18.9. The van der Waals surface area contributed by atoms with Gasteiger partial charge in [-0.15, -0.1) is 0 Å². The van der Waals surface area contributed by atoms with Crippen LogP contribution < -0.4 is 10.2 Å². The van der Waals surface area contributed by atoms with Gasteiger partial charge < -0.3 is 15.0 Å². The lowest BCUT2D eigenvalue weighted by Crippen LogP contribution is -2.28. The predicted molar refractivity (Wildman–Crippen MR) is 103 cm³/mol. The van der Waals surface area contributed by atoms with Gasteiger partial charge in [0.1, 0.15) is 0 Å². The van der Waals surface area contributed by atoms with Crippen LogP contribution in [0.3, 0.4) is 0 Å². The van der Waals surface area contributed by atoms with Crippen molar-refractivity contribution in [3.63, 3.8) is 0 Å². The van der Waals surface area contributed by atoms with Gasteiger partial charge in [0.05, 0.1) is 18.6 Å². The van der Waals surface area contributed by atoms with Crippen molar-refractivity contribution >= 4 is 40.8 Å². The summed E-state index contributed by atoms with van der Waals surface area (Å²) in [6.45, 7) is 2.20. The van der Waals surface area contributed by atoms with Crippen LogP contribution in [0.25, 0.3) is 0 Å². The molecule has 1 aliphatic rings. The quantitative estimate of drug-likeness (QED) is 0.817. The zero-order valence-corrected chi connectivity index (χ0v) is 15.7. The number of amides is 2. The average molecular weight is 387 g/mol. The lowest BCUT2D eigenvalue weighted by molar-refractivity contribution is -0.122. The number of aryl methyl sites for hydroxylation is 1. The monoisotopic (exact) mass is 386 g/mol. The summed E-state index contributed by atoms with van der Waals surface area (Å²) in [5.74, 6) is -1.25. The van der Waals surface area contributed by atoms with Crippen LogP contribution in [-0.2, 0) is 14.3 Å². The molecule has 0 aromatic heterocycles. The molecule has 0 saturated carbocycles. The number of nitrogens with one attached hydrogen (secondary N) is 1. The Morgan fingerprint density at radius 1 is 1.19 bits per heavy atom. The number of halogens is 1. The molecule has 0 aliphatic carbocycles. The molecule has 140 valence electrons. The molecule has 0 spiro atoms. The number of hydrogen-bond acceptors (Lipinski definition) is 4. The number of carbonyl (C=O) groups is 3. The van der Waals surface area contributed by atoms with E-state index in [9.17, 15) is 14.4 Å². The van der Waals surface area contributed by atoms with Crippen LogP contribution >= 0.6 is 11.6 Å². The van der Waals surface area contributed by atoms with Gasteiger partial charge in [0.25, 0.3) is 0 Å². The van der Waals surface area contributed by atoms with Crippen LogP contribution in [0.4, 0.5) is 11.4 Å². The van der Waals surface area contributed by atoms with Gasteiger partial charge in [-0.25, -0.2) is 4.79 Å². The van der Waals surface area contributed by atoms with E-state index in [1.807, 2.05) is 13.0 Å². The van der Waals surface area contributed by atoms with Crippen LogP contribution in [-0.4, -0.2) is 31.4 Å². The van der Waals surface area contributed by atoms with Gasteiger partial charge in [-0.1, -0.05) is 17.7 Å². The maximum Gasteiger partial charge on any atom is 0.337 e. The Hall–Kier alpha value is -2.86. The Morgan fingerprint density at radius 3 is 2.56 bits per heavy atom. The number of benzene rings is 2. The molecule has 3 rings (SSSR count). The second kappa shape index (κ2) is 7.80. The van der Waals surface area contributed by atoms with Crippen molar-refractivity contribution in [1.29, 1.82) is 0 Å².